The van der Waals surface area contributed by atoms with Crippen molar-refractivity contribution in [1.29, 1.82) is 0 Å². The Bertz CT molecular complexity index is 666. The normalized spacial score (nSPS) is 16.2. The van der Waals surface area contributed by atoms with Gasteiger partial charge in [-0.1, -0.05) is 37.2 Å². The number of nitrogens with one attached hydrogen (secondary N) is 2. The molecule has 1 aliphatic rings. The number of ether oxygens (including phenoxy) is 1. The van der Waals surface area contributed by atoms with Crippen molar-refractivity contribution >= 4 is 6.03 Å². The van der Waals surface area contributed by atoms with Gasteiger partial charge in [-0.3, -0.25) is 0 Å². The van der Waals surface area contributed by atoms with Crippen LogP contribution >= 0.6 is 0 Å². The molecule has 1 atom stereocenters. The molecule has 2 amide bonds. The largest absolute Gasteiger partial charge is 0.491 e. The molecule has 6 nitrogen and oxygen atoms in total. The van der Waals surface area contributed by atoms with E-state index in [-0.39, 0.29) is 12.1 Å². The number of amides is 2. The summed E-state index contributed by atoms with van der Waals surface area (Å²) < 4.78 is 10.7. The molecule has 2 heterocycles. The Labute approximate surface area is 128 Å². The van der Waals surface area contributed by atoms with Crippen molar-refractivity contribution < 1.29 is 14.1 Å². The average Bonchev–Trinajstić information content (AvgIpc) is 3.13. The summed E-state index contributed by atoms with van der Waals surface area (Å²) in [6.07, 6.45) is 0. The van der Waals surface area contributed by atoms with Crippen LogP contribution in [-0.2, 0) is 6.54 Å². The molecule has 2 N–H and O–H groups in total. The van der Waals surface area contributed by atoms with Crippen LogP contribution in [0.3, 0.4) is 0 Å². The lowest BCUT2D eigenvalue weighted by Crippen LogP contribution is -2.38. The molecule has 2 aromatic rings. The van der Waals surface area contributed by atoms with Crippen molar-refractivity contribution in [3.63, 3.8) is 0 Å². The number of nitrogens with zero attached hydrogens (tertiary/aromatic N) is 1. The average molecular weight is 301 g/mol. The van der Waals surface area contributed by atoms with Crippen molar-refractivity contribution in [2.75, 3.05) is 6.61 Å². The molecule has 1 aromatic carbocycles. The van der Waals surface area contributed by atoms with E-state index in [0.717, 1.165) is 17.0 Å². The van der Waals surface area contributed by atoms with Crippen molar-refractivity contribution in [3.05, 3.63) is 47.3 Å². The zero-order valence-electron chi connectivity index (χ0n) is 12.6. The first-order valence-electron chi connectivity index (χ1n) is 7.35. The van der Waals surface area contributed by atoms with Gasteiger partial charge in [-0.2, -0.15) is 0 Å². The predicted molar refractivity (Wildman–Crippen MR) is 80.6 cm³/mol. The second kappa shape index (κ2) is 6.09. The van der Waals surface area contributed by atoms with Gasteiger partial charge >= 0.3 is 6.03 Å². The molecule has 1 unspecified atom stereocenters. The van der Waals surface area contributed by atoms with E-state index in [0.29, 0.717) is 24.8 Å². The van der Waals surface area contributed by atoms with Crippen molar-refractivity contribution in [1.82, 2.24) is 15.8 Å². The van der Waals surface area contributed by atoms with Crippen molar-refractivity contribution in [3.8, 4) is 5.75 Å². The van der Waals surface area contributed by atoms with Gasteiger partial charge in [0.15, 0.2) is 5.76 Å². The van der Waals surface area contributed by atoms with Crippen LogP contribution in [0.2, 0.25) is 0 Å². The van der Waals surface area contributed by atoms with Gasteiger partial charge in [0.05, 0.1) is 18.3 Å². The number of urea groups is 1. The number of carbonyl (C=O) groups excluding carboxylic acids is 1. The number of fused-ring (bicyclic) bond motifs is 1. The van der Waals surface area contributed by atoms with Gasteiger partial charge in [-0.25, -0.2) is 4.79 Å². The maximum absolute atomic E-state index is 12.0. The Morgan fingerprint density at radius 3 is 3.00 bits per heavy atom. The van der Waals surface area contributed by atoms with E-state index >= 15 is 0 Å². The summed E-state index contributed by atoms with van der Waals surface area (Å²) in [6, 6.07) is 9.18. The van der Waals surface area contributed by atoms with E-state index in [1.54, 1.807) is 0 Å². The van der Waals surface area contributed by atoms with E-state index in [2.05, 4.69) is 15.8 Å². The number of rotatable bonds is 4. The molecule has 0 radical (unpaired) electrons. The fourth-order valence-electron chi connectivity index (χ4n) is 2.34. The highest BCUT2D eigenvalue weighted by molar-refractivity contribution is 5.74. The molecule has 116 valence electrons. The summed E-state index contributed by atoms with van der Waals surface area (Å²) in [5.74, 6) is 1.77. The first-order valence-corrected chi connectivity index (χ1v) is 7.35. The summed E-state index contributed by atoms with van der Waals surface area (Å²) in [5.41, 5.74) is 1.88. The molecule has 0 bridgehead atoms. The van der Waals surface area contributed by atoms with E-state index in [1.807, 2.05) is 44.2 Å². The van der Waals surface area contributed by atoms with E-state index in [4.69, 9.17) is 9.26 Å². The highest BCUT2D eigenvalue weighted by Gasteiger charge is 2.24. The van der Waals surface area contributed by atoms with Crippen LogP contribution in [0.1, 0.15) is 42.8 Å². The highest BCUT2D eigenvalue weighted by atomic mass is 16.5. The summed E-state index contributed by atoms with van der Waals surface area (Å²) in [7, 11) is 0. The topological polar surface area (TPSA) is 76.4 Å². The lowest BCUT2D eigenvalue weighted by molar-refractivity contribution is 0.230. The molecule has 1 aromatic heterocycles. The molecule has 0 saturated heterocycles. The Morgan fingerprint density at radius 2 is 2.23 bits per heavy atom. The van der Waals surface area contributed by atoms with Gasteiger partial charge < -0.3 is 19.9 Å². The standard InChI is InChI=1S/C16H19N3O3/c1-10(2)13-7-11(22-19-13)8-17-16(20)18-14-9-21-15-6-4-3-5-12(14)15/h3-7,10,14H,8-9H2,1-2H3,(H2,17,18,20). The van der Waals surface area contributed by atoms with E-state index in [9.17, 15) is 4.79 Å². The molecule has 0 fully saturated rings. The van der Waals surface area contributed by atoms with Crippen molar-refractivity contribution in [2.24, 2.45) is 0 Å². The number of hydrogen-bond donors (Lipinski definition) is 2. The Hall–Kier alpha value is -2.50. The fourth-order valence-corrected chi connectivity index (χ4v) is 2.34. The first-order chi connectivity index (χ1) is 10.6. The zero-order chi connectivity index (χ0) is 15.5. The molecule has 1 aliphatic heterocycles. The number of hydrogen-bond acceptors (Lipinski definition) is 4. The van der Waals surface area contributed by atoms with Gasteiger partial charge in [0, 0.05) is 11.6 Å². The quantitative estimate of drug-likeness (QED) is 0.910. The van der Waals surface area contributed by atoms with E-state index in [1.165, 1.54) is 0 Å². The number of benzene rings is 1. The van der Waals surface area contributed by atoms with Gasteiger partial charge in [-0.05, 0) is 12.0 Å². The molecule has 6 heteroatoms. The molecule has 0 saturated carbocycles. The Balaban J connectivity index is 1.53. The van der Waals surface area contributed by atoms with E-state index < -0.39 is 0 Å². The van der Waals surface area contributed by atoms with Gasteiger partial charge in [0.1, 0.15) is 12.4 Å². The van der Waals surface area contributed by atoms with Crippen LogP contribution in [-0.4, -0.2) is 17.8 Å². The first kappa shape index (κ1) is 14.4. The Kier molecular flexibility index (Phi) is 4.00. The summed E-state index contributed by atoms with van der Waals surface area (Å²) in [6.45, 7) is 4.84. The third-order valence-corrected chi connectivity index (χ3v) is 3.60. The van der Waals surface area contributed by atoms with Crippen molar-refractivity contribution in [2.45, 2.75) is 32.4 Å². The molecule has 3 rings (SSSR count). The minimum atomic E-state index is -0.257. The zero-order valence-corrected chi connectivity index (χ0v) is 12.6. The summed E-state index contributed by atoms with van der Waals surface area (Å²) in [5, 5.41) is 9.63. The Morgan fingerprint density at radius 1 is 1.41 bits per heavy atom. The maximum Gasteiger partial charge on any atom is 0.315 e. The molecule has 0 spiro atoms. The predicted octanol–water partition coefficient (Wildman–Crippen LogP) is 2.73. The SMILES string of the molecule is CC(C)c1cc(CNC(=O)NC2COc3ccccc32)on1. The van der Waals surface area contributed by atoms with Crippen LogP contribution in [0, 0.1) is 0 Å². The third-order valence-electron chi connectivity index (χ3n) is 3.60. The summed E-state index contributed by atoms with van der Waals surface area (Å²) >= 11 is 0. The van der Waals surface area contributed by atoms with Crippen LogP contribution < -0.4 is 15.4 Å². The third kappa shape index (κ3) is 3.05. The lowest BCUT2D eigenvalue weighted by atomic mass is 10.1. The lowest BCUT2D eigenvalue weighted by Gasteiger charge is -2.12. The minimum Gasteiger partial charge on any atom is -0.491 e. The van der Waals surface area contributed by atoms with Crippen LogP contribution in [0.15, 0.2) is 34.9 Å². The number of carbonyl (C=O) groups is 1. The molecular formula is C16H19N3O3. The fraction of sp³-hybridized carbons (Fsp3) is 0.375. The smallest absolute Gasteiger partial charge is 0.315 e. The van der Waals surface area contributed by atoms with Crippen LogP contribution in [0.4, 0.5) is 4.79 Å². The maximum atomic E-state index is 12.0. The molecule has 22 heavy (non-hydrogen) atoms. The number of aromatic nitrogens is 1. The van der Waals surface area contributed by atoms with Gasteiger partial charge in [0.2, 0.25) is 0 Å². The second-order valence-corrected chi connectivity index (χ2v) is 5.60. The second-order valence-electron chi connectivity index (χ2n) is 5.60. The molecule has 0 aliphatic carbocycles. The molecular weight excluding hydrogens is 282 g/mol. The summed E-state index contributed by atoms with van der Waals surface area (Å²) in [4.78, 5) is 12.0. The van der Waals surface area contributed by atoms with Gasteiger partial charge in [-0.15, -0.1) is 0 Å². The monoisotopic (exact) mass is 301 g/mol. The van der Waals surface area contributed by atoms with Crippen LogP contribution in [0.25, 0.3) is 0 Å². The van der Waals surface area contributed by atoms with Gasteiger partial charge in [0.25, 0.3) is 0 Å². The number of para-hydroxylation sites is 1. The highest BCUT2D eigenvalue weighted by Crippen LogP contribution is 2.31. The minimum absolute atomic E-state index is 0.128. The van der Waals surface area contributed by atoms with Crippen LogP contribution in [0.5, 0.6) is 5.75 Å².